The van der Waals surface area contributed by atoms with Gasteiger partial charge in [-0.25, -0.2) is 4.98 Å². The highest BCUT2D eigenvalue weighted by Gasteiger charge is 2.09. The molecule has 0 amide bonds. The molecule has 1 aromatic carbocycles. The Hall–Kier alpha value is 0.0700. The first-order valence-electron chi connectivity index (χ1n) is 4.01. The highest BCUT2D eigenvalue weighted by molar-refractivity contribution is 9.11. The Bertz CT molecular complexity index is 508. The molecule has 0 saturated carbocycles. The summed E-state index contributed by atoms with van der Waals surface area (Å²) in [5.41, 5.74) is 0.988. The standard InChI is InChI=1S/C10H6Br3N/c1-5-9(12)6-3-2-4-7(11)8(6)10(13)14-5/h2-4H,1H3. The Morgan fingerprint density at radius 3 is 2.57 bits per heavy atom. The number of hydrogen-bond acceptors (Lipinski definition) is 1. The van der Waals surface area contributed by atoms with E-state index in [0.717, 1.165) is 24.6 Å². The second kappa shape index (κ2) is 3.91. The Morgan fingerprint density at radius 2 is 1.86 bits per heavy atom. The van der Waals surface area contributed by atoms with Gasteiger partial charge in [0.05, 0.1) is 5.69 Å². The number of aromatic nitrogens is 1. The van der Waals surface area contributed by atoms with E-state index in [1.807, 2.05) is 19.1 Å². The maximum atomic E-state index is 4.40. The Morgan fingerprint density at radius 1 is 1.14 bits per heavy atom. The van der Waals surface area contributed by atoms with E-state index >= 15 is 0 Å². The van der Waals surface area contributed by atoms with Gasteiger partial charge in [0.1, 0.15) is 4.60 Å². The molecule has 0 aliphatic rings. The van der Waals surface area contributed by atoms with Crippen LogP contribution in [-0.2, 0) is 0 Å². The van der Waals surface area contributed by atoms with E-state index in [1.54, 1.807) is 0 Å². The van der Waals surface area contributed by atoms with Crippen LogP contribution in [0.4, 0.5) is 0 Å². The highest BCUT2D eigenvalue weighted by Crippen LogP contribution is 2.35. The molecule has 0 aliphatic carbocycles. The van der Waals surface area contributed by atoms with Crippen LogP contribution in [-0.4, -0.2) is 4.98 Å². The number of aryl methyl sites for hydroxylation is 1. The van der Waals surface area contributed by atoms with Gasteiger partial charge in [0.25, 0.3) is 0 Å². The number of benzene rings is 1. The second-order valence-electron chi connectivity index (χ2n) is 2.96. The minimum absolute atomic E-state index is 0.876. The molecular weight excluding hydrogens is 374 g/mol. The molecular formula is C10H6Br3N. The molecule has 0 saturated heterocycles. The van der Waals surface area contributed by atoms with Crippen molar-refractivity contribution in [3.63, 3.8) is 0 Å². The van der Waals surface area contributed by atoms with Crippen LogP contribution >= 0.6 is 47.8 Å². The molecule has 1 aromatic heterocycles. The molecule has 2 aromatic rings. The van der Waals surface area contributed by atoms with Crippen LogP contribution in [0.5, 0.6) is 0 Å². The van der Waals surface area contributed by atoms with Gasteiger partial charge in [0.2, 0.25) is 0 Å². The van der Waals surface area contributed by atoms with Crippen LogP contribution < -0.4 is 0 Å². The largest absolute Gasteiger partial charge is 0.244 e. The van der Waals surface area contributed by atoms with Crippen LogP contribution in [0.2, 0.25) is 0 Å². The molecule has 4 heteroatoms. The summed E-state index contributed by atoms with van der Waals surface area (Å²) in [4.78, 5) is 4.40. The van der Waals surface area contributed by atoms with Crippen molar-refractivity contribution >= 4 is 58.6 Å². The van der Waals surface area contributed by atoms with E-state index in [4.69, 9.17) is 0 Å². The zero-order valence-corrected chi connectivity index (χ0v) is 12.1. The molecule has 14 heavy (non-hydrogen) atoms. The van der Waals surface area contributed by atoms with Crippen molar-refractivity contribution in [2.45, 2.75) is 6.92 Å². The van der Waals surface area contributed by atoms with Crippen molar-refractivity contribution in [3.8, 4) is 0 Å². The molecule has 1 nitrogen and oxygen atoms in total. The Balaban J connectivity index is 3.02. The molecule has 0 fully saturated rings. The number of pyridine rings is 1. The minimum atomic E-state index is 0.876. The third-order valence-electron chi connectivity index (χ3n) is 2.04. The van der Waals surface area contributed by atoms with Gasteiger partial charge in [-0.15, -0.1) is 0 Å². The van der Waals surface area contributed by atoms with Crippen LogP contribution in [0.15, 0.2) is 31.7 Å². The predicted molar refractivity (Wildman–Crippen MR) is 69.6 cm³/mol. The van der Waals surface area contributed by atoms with E-state index in [2.05, 4.69) is 58.8 Å². The van der Waals surface area contributed by atoms with Gasteiger partial charge >= 0.3 is 0 Å². The van der Waals surface area contributed by atoms with Crippen LogP contribution in [0.1, 0.15) is 5.69 Å². The Kier molecular flexibility index (Phi) is 2.96. The van der Waals surface area contributed by atoms with Crippen molar-refractivity contribution in [2.75, 3.05) is 0 Å². The molecule has 72 valence electrons. The van der Waals surface area contributed by atoms with Gasteiger partial charge in [-0.3, -0.25) is 0 Å². The lowest BCUT2D eigenvalue weighted by Crippen LogP contribution is -1.88. The summed E-state index contributed by atoms with van der Waals surface area (Å²) in [7, 11) is 0. The molecule has 0 atom stereocenters. The molecule has 0 aliphatic heterocycles. The van der Waals surface area contributed by atoms with Gasteiger partial charge in [-0.1, -0.05) is 28.1 Å². The summed E-state index contributed by atoms with van der Waals surface area (Å²) in [5.74, 6) is 0. The van der Waals surface area contributed by atoms with E-state index in [9.17, 15) is 0 Å². The quantitative estimate of drug-likeness (QED) is 0.597. The average Bonchev–Trinajstić information content (AvgIpc) is 2.14. The van der Waals surface area contributed by atoms with Gasteiger partial charge in [0.15, 0.2) is 0 Å². The third kappa shape index (κ3) is 1.64. The summed E-state index contributed by atoms with van der Waals surface area (Å²) in [6.07, 6.45) is 0. The lowest BCUT2D eigenvalue weighted by Gasteiger charge is -2.07. The molecule has 0 N–H and O–H groups in total. The van der Waals surface area contributed by atoms with Crippen molar-refractivity contribution in [2.24, 2.45) is 0 Å². The lowest BCUT2D eigenvalue weighted by atomic mass is 10.1. The SMILES string of the molecule is Cc1nc(Br)c2c(Br)cccc2c1Br. The van der Waals surface area contributed by atoms with E-state index in [0.29, 0.717) is 0 Å². The van der Waals surface area contributed by atoms with Crippen LogP contribution in [0, 0.1) is 6.92 Å². The Labute approximate surface area is 107 Å². The first-order valence-corrected chi connectivity index (χ1v) is 6.39. The number of fused-ring (bicyclic) bond motifs is 1. The number of halogens is 3. The van der Waals surface area contributed by atoms with Crippen molar-refractivity contribution in [1.29, 1.82) is 0 Å². The average molecular weight is 380 g/mol. The highest BCUT2D eigenvalue weighted by atomic mass is 79.9. The number of rotatable bonds is 0. The van der Waals surface area contributed by atoms with Gasteiger partial charge < -0.3 is 0 Å². The van der Waals surface area contributed by atoms with E-state index < -0.39 is 0 Å². The fourth-order valence-electron chi connectivity index (χ4n) is 1.36. The normalized spacial score (nSPS) is 10.9. The zero-order valence-electron chi connectivity index (χ0n) is 7.31. The molecule has 0 unspecified atom stereocenters. The fourth-order valence-corrected chi connectivity index (χ4v) is 3.30. The van der Waals surface area contributed by atoms with Crippen molar-refractivity contribution in [3.05, 3.63) is 37.4 Å². The lowest BCUT2D eigenvalue weighted by molar-refractivity contribution is 1.18. The first-order chi connectivity index (χ1) is 6.61. The van der Waals surface area contributed by atoms with E-state index in [-0.39, 0.29) is 0 Å². The summed E-state index contributed by atoms with van der Waals surface area (Å²) in [6.45, 7) is 1.98. The van der Waals surface area contributed by atoms with Gasteiger partial charge in [0, 0.05) is 19.7 Å². The molecule has 1 heterocycles. The summed E-state index contributed by atoms with van der Waals surface area (Å²) in [5, 5.41) is 2.27. The van der Waals surface area contributed by atoms with Crippen LogP contribution in [0.3, 0.4) is 0 Å². The van der Waals surface area contributed by atoms with E-state index in [1.165, 1.54) is 5.39 Å². The second-order valence-corrected chi connectivity index (χ2v) is 5.36. The number of nitrogens with zero attached hydrogens (tertiary/aromatic N) is 1. The topological polar surface area (TPSA) is 12.9 Å². The monoisotopic (exact) mass is 377 g/mol. The molecule has 0 radical (unpaired) electrons. The molecule has 2 rings (SSSR count). The maximum absolute atomic E-state index is 4.40. The van der Waals surface area contributed by atoms with Crippen molar-refractivity contribution in [1.82, 2.24) is 4.98 Å². The first kappa shape index (κ1) is 10.6. The number of hydrogen-bond donors (Lipinski definition) is 0. The van der Waals surface area contributed by atoms with Crippen molar-refractivity contribution < 1.29 is 0 Å². The van der Waals surface area contributed by atoms with Crippen LogP contribution in [0.25, 0.3) is 10.8 Å². The molecule has 0 bridgehead atoms. The maximum Gasteiger partial charge on any atom is 0.115 e. The fraction of sp³-hybridized carbons (Fsp3) is 0.100. The predicted octanol–water partition coefficient (Wildman–Crippen LogP) is 4.83. The third-order valence-corrected chi connectivity index (χ3v) is 4.28. The van der Waals surface area contributed by atoms with Gasteiger partial charge in [-0.2, -0.15) is 0 Å². The van der Waals surface area contributed by atoms with Gasteiger partial charge in [-0.05, 0) is 44.8 Å². The smallest absolute Gasteiger partial charge is 0.115 e. The summed E-state index contributed by atoms with van der Waals surface area (Å²) >= 11 is 10.5. The molecule has 0 spiro atoms. The summed E-state index contributed by atoms with van der Waals surface area (Å²) in [6, 6.07) is 6.10. The zero-order chi connectivity index (χ0) is 10.3. The summed E-state index contributed by atoms with van der Waals surface area (Å²) < 4.78 is 2.98. The minimum Gasteiger partial charge on any atom is -0.244 e.